The van der Waals surface area contributed by atoms with Gasteiger partial charge < -0.3 is 14.8 Å². The molecule has 1 aromatic carbocycles. The predicted octanol–water partition coefficient (Wildman–Crippen LogP) is 2.25. The van der Waals surface area contributed by atoms with Crippen molar-refractivity contribution in [3.63, 3.8) is 0 Å². The van der Waals surface area contributed by atoms with E-state index in [4.69, 9.17) is 14.7 Å². The molecule has 0 unspecified atom stereocenters. The molecule has 5 heteroatoms. The van der Waals surface area contributed by atoms with E-state index in [0.717, 1.165) is 0 Å². The second kappa shape index (κ2) is 6.29. The lowest BCUT2D eigenvalue weighted by Gasteiger charge is -2.24. The molecule has 1 amide bonds. The Kier molecular flexibility index (Phi) is 4.98. The number of benzene rings is 1. The number of nitriles is 1. The summed E-state index contributed by atoms with van der Waals surface area (Å²) in [6.45, 7) is 7.37. The van der Waals surface area contributed by atoms with E-state index in [1.54, 1.807) is 25.1 Å². The number of rotatable bonds is 4. The summed E-state index contributed by atoms with van der Waals surface area (Å²) in [7, 11) is 1.49. The summed E-state index contributed by atoms with van der Waals surface area (Å²) < 4.78 is 10.8. The van der Waals surface area contributed by atoms with E-state index in [0.29, 0.717) is 17.1 Å². The van der Waals surface area contributed by atoms with Crippen molar-refractivity contribution in [1.29, 1.82) is 5.26 Å². The smallest absolute Gasteiger partial charge is 0.261 e. The molecule has 0 fully saturated rings. The normalized spacial score (nSPS) is 12.2. The molecule has 108 valence electrons. The summed E-state index contributed by atoms with van der Waals surface area (Å²) in [6, 6.07) is 6.83. The average molecular weight is 276 g/mol. The molecule has 0 radical (unpaired) electrons. The number of hydrogen-bond acceptors (Lipinski definition) is 4. The highest BCUT2D eigenvalue weighted by Gasteiger charge is 2.21. The lowest BCUT2D eigenvalue weighted by atomic mass is 10.1. The number of nitrogens with zero attached hydrogens (tertiary/aromatic N) is 1. The Balaban J connectivity index is 2.83. The molecule has 0 aliphatic heterocycles. The van der Waals surface area contributed by atoms with Crippen molar-refractivity contribution in [2.24, 2.45) is 0 Å². The average Bonchev–Trinajstić information content (AvgIpc) is 2.37. The Morgan fingerprint density at radius 2 is 2.00 bits per heavy atom. The maximum absolute atomic E-state index is 12.0. The fourth-order valence-corrected chi connectivity index (χ4v) is 1.55. The third-order valence-corrected chi connectivity index (χ3v) is 2.46. The van der Waals surface area contributed by atoms with Gasteiger partial charge in [-0.25, -0.2) is 0 Å². The first-order valence-electron chi connectivity index (χ1n) is 6.33. The molecule has 1 aromatic rings. The predicted molar refractivity (Wildman–Crippen MR) is 75.7 cm³/mol. The van der Waals surface area contributed by atoms with Crippen LogP contribution in [0.2, 0.25) is 0 Å². The first kappa shape index (κ1) is 15.8. The molecule has 0 aromatic heterocycles. The minimum Gasteiger partial charge on any atom is -0.493 e. The van der Waals surface area contributed by atoms with Gasteiger partial charge in [0.25, 0.3) is 5.91 Å². The van der Waals surface area contributed by atoms with Crippen LogP contribution < -0.4 is 14.8 Å². The van der Waals surface area contributed by atoms with E-state index in [1.165, 1.54) is 7.11 Å². The second-order valence-electron chi connectivity index (χ2n) is 5.48. The fraction of sp³-hybridized carbons (Fsp3) is 0.467. The Morgan fingerprint density at radius 1 is 1.35 bits per heavy atom. The molecule has 1 N–H and O–H groups in total. The zero-order chi connectivity index (χ0) is 15.3. The van der Waals surface area contributed by atoms with Crippen molar-refractivity contribution in [3.8, 4) is 17.6 Å². The van der Waals surface area contributed by atoms with E-state index in [1.807, 2.05) is 26.8 Å². The first-order chi connectivity index (χ1) is 9.26. The van der Waals surface area contributed by atoms with Crippen LogP contribution in [0.15, 0.2) is 18.2 Å². The van der Waals surface area contributed by atoms with E-state index in [9.17, 15) is 4.79 Å². The number of amides is 1. The molecule has 0 aliphatic carbocycles. The monoisotopic (exact) mass is 276 g/mol. The first-order valence-corrected chi connectivity index (χ1v) is 6.33. The van der Waals surface area contributed by atoms with Gasteiger partial charge in [0.1, 0.15) is 0 Å². The number of carbonyl (C=O) groups is 1. The molecule has 0 heterocycles. The molecule has 1 rings (SSSR count). The summed E-state index contributed by atoms with van der Waals surface area (Å²) in [6.07, 6.45) is -0.656. The molecule has 0 saturated carbocycles. The van der Waals surface area contributed by atoms with Crippen molar-refractivity contribution in [3.05, 3.63) is 23.8 Å². The van der Waals surface area contributed by atoms with Gasteiger partial charge >= 0.3 is 0 Å². The zero-order valence-electron chi connectivity index (χ0n) is 12.5. The van der Waals surface area contributed by atoms with Crippen LogP contribution in [0.4, 0.5) is 0 Å². The second-order valence-corrected chi connectivity index (χ2v) is 5.48. The number of nitrogens with one attached hydrogen (secondary N) is 1. The number of ether oxygens (including phenoxy) is 2. The van der Waals surface area contributed by atoms with Gasteiger partial charge in [0.2, 0.25) is 0 Å². The molecule has 0 spiro atoms. The zero-order valence-corrected chi connectivity index (χ0v) is 12.5. The van der Waals surface area contributed by atoms with Crippen molar-refractivity contribution in [2.45, 2.75) is 39.3 Å². The van der Waals surface area contributed by atoms with E-state index < -0.39 is 6.10 Å². The Labute approximate surface area is 119 Å². The molecular weight excluding hydrogens is 256 g/mol. The minimum atomic E-state index is -0.656. The van der Waals surface area contributed by atoms with Gasteiger partial charge in [-0.15, -0.1) is 0 Å². The summed E-state index contributed by atoms with van der Waals surface area (Å²) in [5.74, 6) is 0.659. The van der Waals surface area contributed by atoms with Gasteiger partial charge in [-0.2, -0.15) is 5.26 Å². The third-order valence-electron chi connectivity index (χ3n) is 2.46. The van der Waals surface area contributed by atoms with Crippen LogP contribution in [0.1, 0.15) is 33.3 Å². The highest BCUT2D eigenvalue weighted by molar-refractivity contribution is 5.81. The largest absolute Gasteiger partial charge is 0.493 e. The van der Waals surface area contributed by atoms with Crippen LogP contribution in [-0.4, -0.2) is 24.7 Å². The van der Waals surface area contributed by atoms with Gasteiger partial charge in [0.15, 0.2) is 17.6 Å². The van der Waals surface area contributed by atoms with E-state index in [2.05, 4.69) is 5.32 Å². The summed E-state index contributed by atoms with van der Waals surface area (Å²) in [5.41, 5.74) is 0.157. The quantitative estimate of drug-likeness (QED) is 0.915. The van der Waals surface area contributed by atoms with Gasteiger partial charge in [0, 0.05) is 11.6 Å². The highest BCUT2D eigenvalue weighted by atomic mass is 16.5. The maximum atomic E-state index is 12.0. The molecule has 5 nitrogen and oxygen atoms in total. The topological polar surface area (TPSA) is 71.3 Å². The number of carbonyl (C=O) groups excluding carboxylic acids is 1. The van der Waals surface area contributed by atoms with Gasteiger partial charge in [-0.1, -0.05) is 0 Å². The molecule has 0 bridgehead atoms. The molecule has 0 saturated heterocycles. The van der Waals surface area contributed by atoms with Gasteiger partial charge in [0.05, 0.1) is 18.7 Å². The molecular formula is C15H20N2O3. The van der Waals surface area contributed by atoms with Crippen molar-refractivity contribution in [2.75, 3.05) is 7.11 Å². The minimum absolute atomic E-state index is 0.205. The van der Waals surface area contributed by atoms with E-state index >= 15 is 0 Å². The van der Waals surface area contributed by atoms with Crippen LogP contribution in [0.25, 0.3) is 0 Å². The lowest BCUT2D eigenvalue weighted by Crippen LogP contribution is -2.46. The lowest BCUT2D eigenvalue weighted by molar-refractivity contribution is -0.128. The van der Waals surface area contributed by atoms with Crippen LogP contribution in [0.3, 0.4) is 0 Å². The highest BCUT2D eigenvalue weighted by Crippen LogP contribution is 2.28. The summed E-state index contributed by atoms with van der Waals surface area (Å²) in [5, 5.41) is 11.7. The van der Waals surface area contributed by atoms with Crippen LogP contribution in [-0.2, 0) is 4.79 Å². The SMILES string of the molecule is COc1cc(C#N)ccc1O[C@H](C)C(=O)NC(C)(C)C. The van der Waals surface area contributed by atoms with Crippen LogP contribution >= 0.6 is 0 Å². The third kappa shape index (κ3) is 4.47. The molecule has 1 atom stereocenters. The Hall–Kier alpha value is -2.22. The van der Waals surface area contributed by atoms with Crippen molar-refractivity contribution in [1.82, 2.24) is 5.32 Å². The summed E-state index contributed by atoms with van der Waals surface area (Å²) in [4.78, 5) is 12.0. The summed E-state index contributed by atoms with van der Waals surface area (Å²) >= 11 is 0. The van der Waals surface area contributed by atoms with Crippen LogP contribution in [0, 0.1) is 11.3 Å². The Morgan fingerprint density at radius 3 is 2.50 bits per heavy atom. The number of hydrogen-bond donors (Lipinski definition) is 1. The van der Waals surface area contributed by atoms with Crippen molar-refractivity contribution < 1.29 is 14.3 Å². The maximum Gasteiger partial charge on any atom is 0.261 e. The van der Waals surface area contributed by atoms with Crippen LogP contribution in [0.5, 0.6) is 11.5 Å². The standard InChI is InChI=1S/C15H20N2O3/c1-10(14(18)17-15(2,3)4)20-12-7-6-11(9-16)8-13(12)19-5/h6-8,10H,1-5H3,(H,17,18)/t10-/m1/s1. The number of methoxy groups -OCH3 is 1. The Bertz CT molecular complexity index is 527. The molecule has 20 heavy (non-hydrogen) atoms. The molecule has 0 aliphatic rings. The van der Waals surface area contributed by atoms with Gasteiger partial charge in [-0.05, 0) is 39.8 Å². The van der Waals surface area contributed by atoms with Crippen molar-refractivity contribution >= 4 is 5.91 Å². The van der Waals surface area contributed by atoms with E-state index in [-0.39, 0.29) is 11.4 Å². The van der Waals surface area contributed by atoms with Gasteiger partial charge in [-0.3, -0.25) is 4.79 Å². The fourth-order valence-electron chi connectivity index (χ4n) is 1.55.